The highest BCUT2D eigenvalue weighted by atomic mass is 16.6. The molecule has 0 aliphatic carbocycles. The summed E-state index contributed by atoms with van der Waals surface area (Å²) in [6.07, 6.45) is 0. The minimum Gasteiger partial charge on any atom is -0.383 e. The lowest BCUT2D eigenvalue weighted by molar-refractivity contribution is -0.384. The highest BCUT2D eigenvalue weighted by Gasteiger charge is 2.11. The maximum absolute atomic E-state index is 10.7. The lowest BCUT2D eigenvalue weighted by Crippen LogP contribution is -2.34. The first-order valence-corrected chi connectivity index (χ1v) is 5.66. The number of nitro benzene ring substituents is 1. The number of nitrogens with one attached hydrogen (secondary N) is 1. The summed E-state index contributed by atoms with van der Waals surface area (Å²) in [6, 6.07) is 4.82. The Bertz CT molecular complexity index is 405. The van der Waals surface area contributed by atoms with Crippen molar-refractivity contribution in [2.24, 2.45) is 11.7 Å². The normalized spacial score (nSPS) is 12.5. The topological polar surface area (TPSA) is 81.2 Å². The Morgan fingerprint density at radius 1 is 1.47 bits per heavy atom. The van der Waals surface area contributed by atoms with Gasteiger partial charge in [-0.2, -0.15) is 0 Å². The molecule has 0 fully saturated rings. The Labute approximate surface area is 101 Å². The summed E-state index contributed by atoms with van der Waals surface area (Å²) >= 11 is 0. The standard InChI is InChI=1S/C12H19N3O2/c1-8(2)11(13)7-14-12-6-10(15(16)17)5-4-9(12)3/h4-6,8,11,14H,7,13H2,1-3H3. The van der Waals surface area contributed by atoms with Gasteiger partial charge in [0.1, 0.15) is 0 Å². The number of nitrogens with two attached hydrogens (primary N) is 1. The average Bonchev–Trinajstić information content (AvgIpc) is 2.26. The number of nitrogens with zero attached hydrogens (tertiary/aromatic N) is 1. The van der Waals surface area contributed by atoms with Gasteiger partial charge in [-0.3, -0.25) is 10.1 Å². The molecule has 94 valence electrons. The molecule has 0 saturated carbocycles. The molecule has 0 spiro atoms. The molecule has 17 heavy (non-hydrogen) atoms. The summed E-state index contributed by atoms with van der Waals surface area (Å²) in [4.78, 5) is 10.3. The van der Waals surface area contributed by atoms with Crippen molar-refractivity contribution < 1.29 is 4.92 Å². The summed E-state index contributed by atoms with van der Waals surface area (Å²) in [6.45, 7) is 6.62. The second kappa shape index (κ2) is 5.63. The Balaban J connectivity index is 2.76. The third-order valence-electron chi connectivity index (χ3n) is 2.82. The first kappa shape index (κ1) is 13.4. The highest BCUT2D eigenvalue weighted by molar-refractivity contribution is 5.56. The number of anilines is 1. The van der Waals surface area contributed by atoms with E-state index >= 15 is 0 Å². The van der Waals surface area contributed by atoms with Crippen LogP contribution in [-0.2, 0) is 0 Å². The molecule has 0 aromatic heterocycles. The third-order valence-corrected chi connectivity index (χ3v) is 2.82. The second-order valence-electron chi connectivity index (χ2n) is 4.55. The van der Waals surface area contributed by atoms with Crippen LogP contribution >= 0.6 is 0 Å². The number of hydrogen-bond acceptors (Lipinski definition) is 4. The van der Waals surface area contributed by atoms with Gasteiger partial charge < -0.3 is 11.1 Å². The van der Waals surface area contributed by atoms with E-state index in [4.69, 9.17) is 5.73 Å². The molecule has 0 heterocycles. The molecule has 5 nitrogen and oxygen atoms in total. The molecule has 1 atom stereocenters. The molecule has 3 N–H and O–H groups in total. The van der Waals surface area contributed by atoms with Crippen LogP contribution < -0.4 is 11.1 Å². The van der Waals surface area contributed by atoms with E-state index in [9.17, 15) is 10.1 Å². The molecule has 0 aliphatic rings. The van der Waals surface area contributed by atoms with E-state index < -0.39 is 4.92 Å². The molecule has 5 heteroatoms. The van der Waals surface area contributed by atoms with Crippen molar-refractivity contribution >= 4 is 11.4 Å². The van der Waals surface area contributed by atoms with E-state index in [1.165, 1.54) is 6.07 Å². The minimum absolute atomic E-state index is 0.0358. The number of hydrogen-bond donors (Lipinski definition) is 2. The van der Waals surface area contributed by atoms with E-state index in [0.29, 0.717) is 12.5 Å². The van der Waals surface area contributed by atoms with Crippen molar-refractivity contribution in [3.8, 4) is 0 Å². The van der Waals surface area contributed by atoms with Gasteiger partial charge in [-0.05, 0) is 18.4 Å². The first-order chi connectivity index (χ1) is 7.91. The minimum atomic E-state index is -0.396. The molecule has 0 radical (unpaired) electrons. The van der Waals surface area contributed by atoms with Crippen molar-refractivity contribution in [2.75, 3.05) is 11.9 Å². The largest absolute Gasteiger partial charge is 0.383 e. The van der Waals surface area contributed by atoms with Crippen LogP contribution in [0.4, 0.5) is 11.4 Å². The van der Waals surface area contributed by atoms with E-state index in [0.717, 1.165) is 11.3 Å². The van der Waals surface area contributed by atoms with Gasteiger partial charge in [0.15, 0.2) is 0 Å². The van der Waals surface area contributed by atoms with Gasteiger partial charge in [0.2, 0.25) is 0 Å². The summed E-state index contributed by atoms with van der Waals surface area (Å²) < 4.78 is 0. The molecular formula is C12H19N3O2. The summed E-state index contributed by atoms with van der Waals surface area (Å²) in [7, 11) is 0. The van der Waals surface area contributed by atoms with Gasteiger partial charge >= 0.3 is 0 Å². The second-order valence-corrected chi connectivity index (χ2v) is 4.55. The van der Waals surface area contributed by atoms with Crippen molar-refractivity contribution in [2.45, 2.75) is 26.8 Å². The predicted molar refractivity (Wildman–Crippen MR) is 69.1 cm³/mol. The number of nitro groups is 1. The van der Waals surface area contributed by atoms with E-state index in [-0.39, 0.29) is 11.7 Å². The Morgan fingerprint density at radius 2 is 2.12 bits per heavy atom. The molecular weight excluding hydrogens is 218 g/mol. The summed E-state index contributed by atoms with van der Waals surface area (Å²) in [5, 5.41) is 13.8. The van der Waals surface area contributed by atoms with Crippen LogP contribution in [0, 0.1) is 23.0 Å². The molecule has 0 aliphatic heterocycles. The maximum atomic E-state index is 10.7. The van der Waals surface area contributed by atoms with Gasteiger partial charge in [-0.1, -0.05) is 19.9 Å². The monoisotopic (exact) mass is 237 g/mol. The predicted octanol–water partition coefficient (Wildman–Crippen LogP) is 2.30. The quantitative estimate of drug-likeness (QED) is 0.608. The SMILES string of the molecule is Cc1ccc([N+](=O)[O-])cc1NCC(N)C(C)C. The zero-order valence-corrected chi connectivity index (χ0v) is 10.4. The first-order valence-electron chi connectivity index (χ1n) is 5.66. The van der Waals surface area contributed by atoms with Crippen LogP contribution in [0.2, 0.25) is 0 Å². The van der Waals surface area contributed by atoms with Crippen LogP contribution in [0.25, 0.3) is 0 Å². The summed E-state index contributed by atoms with van der Waals surface area (Å²) in [5.74, 6) is 0.376. The molecule has 0 amide bonds. The third kappa shape index (κ3) is 3.71. The van der Waals surface area contributed by atoms with Crippen molar-refractivity contribution in [1.29, 1.82) is 0 Å². The number of benzene rings is 1. The Hall–Kier alpha value is -1.62. The highest BCUT2D eigenvalue weighted by Crippen LogP contribution is 2.21. The van der Waals surface area contributed by atoms with Gasteiger partial charge in [-0.15, -0.1) is 0 Å². The van der Waals surface area contributed by atoms with Crippen LogP contribution in [0.3, 0.4) is 0 Å². The zero-order valence-electron chi connectivity index (χ0n) is 10.4. The molecule has 0 bridgehead atoms. The van der Waals surface area contributed by atoms with Gasteiger partial charge in [0.25, 0.3) is 5.69 Å². The number of non-ortho nitro benzene ring substituents is 1. The molecule has 1 aromatic rings. The molecule has 1 aromatic carbocycles. The van der Waals surface area contributed by atoms with Gasteiger partial charge in [0.05, 0.1) is 4.92 Å². The molecule has 1 rings (SSSR count). The smallest absolute Gasteiger partial charge is 0.271 e. The number of aryl methyl sites for hydroxylation is 1. The van der Waals surface area contributed by atoms with E-state index in [1.54, 1.807) is 12.1 Å². The molecule has 0 saturated heterocycles. The van der Waals surface area contributed by atoms with E-state index in [2.05, 4.69) is 5.32 Å². The average molecular weight is 237 g/mol. The van der Waals surface area contributed by atoms with Crippen LogP contribution in [0.15, 0.2) is 18.2 Å². The van der Waals surface area contributed by atoms with Crippen molar-refractivity contribution in [1.82, 2.24) is 0 Å². The maximum Gasteiger partial charge on any atom is 0.271 e. The lowest BCUT2D eigenvalue weighted by Gasteiger charge is -2.17. The van der Waals surface area contributed by atoms with Gasteiger partial charge in [0, 0.05) is 30.4 Å². The fourth-order valence-corrected chi connectivity index (χ4v) is 1.38. The fraction of sp³-hybridized carbons (Fsp3) is 0.500. The Kier molecular flexibility index (Phi) is 4.45. The van der Waals surface area contributed by atoms with Crippen molar-refractivity contribution in [3.63, 3.8) is 0 Å². The van der Waals surface area contributed by atoms with Crippen LogP contribution in [-0.4, -0.2) is 17.5 Å². The van der Waals surface area contributed by atoms with Gasteiger partial charge in [-0.25, -0.2) is 0 Å². The zero-order chi connectivity index (χ0) is 13.0. The van der Waals surface area contributed by atoms with Crippen LogP contribution in [0.5, 0.6) is 0 Å². The Morgan fingerprint density at radius 3 is 2.65 bits per heavy atom. The van der Waals surface area contributed by atoms with Crippen molar-refractivity contribution in [3.05, 3.63) is 33.9 Å². The summed E-state index contributed by atoms with van der Waals surface area (Å²) in [5.41, 5.74) is 7.76. The number of rotatable bonds is 5. The molecule has 1 unspecified atom stereocenters. The fourth-order valence-electron chi connectivity index (χ4n) is 1.38. The lowest BCUT2D eigenvalue weighted by atomic mass is 10.1. The van der Waals surface area contributed by atoms with E-state index in [1.807, 2.05) is 20.8 Å². The van der Waals surface area contributed by atoms with Crippen LogP contribution in [0.1, 0.15) is 19.4 Å².